The third-order valence-corrected chi connectivity index (χ3v) is 5.45. The Morgan fingerprint density at radius 1 is 1.32 bits per heavy atom. The summed E-state index contributed by atoms with van der Waals surface area (Å²) in [5.41, 5.74) is 1.78. The number of carbonyl (C=O) groups is 2. The van der Waals surface area contributed by atoms with Crippen molar-refractivity contribution >= 4 is 28.3 Å². The zero-order valence-electron chi connectivity index (χ0n) is 16.6. The summed E-state index contributed by atoms with van der Waals surface area (Å²) in [6.07, 6.45) is 2.52. The predicted molar refractivity (Wildman–Crippen MR) is 112 cm³/mol. The molecule has 0 radical (unpaired) electrons. The number of benzene rings is 1. The van der Waals surface area contributed by atoms with E-state index in [4.69, 9.17) is 4.74 Å². The highest BCUT2D eigenvalue weighted by Crippen LogP contribution is 2.28. The van der Waals surface area contributed by atoms with Crippen molar-refractivity contribution in [3.8, 4) is 17.0 Å². The van der Waals surface area contributed by atoms with Gasteiger partial charge < -0.3 is 15.0 Å². The van der Waals surface area contributed by atoms with Gasteiger partial charge in [-0.05, 0) is 43.5 Å². The lowest BCUT2D eigenvalue weighted by molar-refractivity contribution is -0.139. The number of aromatic nitrogens is 1. The molecule has 7 heteroatoms. The van der Waals surface area contributed by atoms with Gasteiger partial charge >= 0.3 is 0 Å². The molecule has 1 aromatic heterocycles. The van der Waals surface area contributed by atoms with Crippen LogP contribution in [-0.4, -0.2) is 40.9 Å². The van der Waals surface area contributed by atoms with Crippen molar-refractivity contribution in [1.82, 2.24) is 9.88 Å². The van der Waals surface area contributed by atoms with Crippen LogP contribution in [-0.2, 0) is 9.59 Å². The van der Waals surface area contributed by atoms with Crippen LogP contribution in [0.25, 0.3) is 11.3 Å². The maximum Gasteiger partial charge on any atom is 0.248 e. The van der Waals surface area contributed by atoms with Crippen LogP contribution in [0.1, 0.15) is 40.0 Å². The predicted octanol–water partition coefficient (Wildman–Crippen LogP) is 4.18. The van der Waals surface area contributed by atoms with E-state index in [1.165, 1.54) is 11.3 Å². The Labute approximate surface area is 169 Å². The van der Waals surface area contributed by atoms with Crippen LogP contribution in [0.4, 0.5) is 5.13 Å². The Bertz CT molecular complexity index is 817. The molecule has 6 nitrogen and oxygen atoms in total. The lowest BCUT2D eigenvalue weighted by Gasteiger charge is -2.25. The van der Waals surface area contributed by atoms with Crippen LogP contribution in [0.5, 0.6) is 5.75 Å². The van der Waals surface area contributed by atoms with Crippen molar-refractivity contribution in [2.75, 3.05) is 18.5 Å². The topological polar surface area (TPSA) is 71.5 Å². The van der Waals surface area contributed by atoms with E-state index in [9.17, 15) is 9.59 Å². The molecule has 0 spiro atoms. The fraction of sp³-hybridized carbons (Fsp3) is 0.476. The molecular formula is C21H27N3O3S. The highest BCUT2D eigenvalue weighted by molar-refractivity contribution is 7.14. The normalized spacial score (nSPS) is 16.4. The second-order valence-electron chi connectivity index (χ2n) is 7.24. The van der Waals surface area contributed by atoms with Gasteiger partial charge in [-0.15, -0.1) is 11.3 Å². The number of anilines is 1. The fourth-order valence-corrected chi connectivity index (χ4v) is 3.95. The molecule has 2 heterocycles. The molecule has 1 aromatic carbocycles. The van der Waals surface area contributed by atoms with E-state index in [0.29, 0.717) is 24.7 Å². The summed E-state index contributed by atoms with van der Waals surface area (Å²) in [6.45, 7) is 7.14. The van der Waals surface area contributed by atoms with Gasteiger partial charge in [-0.2, -0.15) is 0 Å². The van der Waals surface area contributed by atoms with Crippen molar-refractivity contribution in [2.24, 2.45) is 5.92 Å². The molecule has 28 heavy (non-hydrogen) atoms. The molecule has 3 rings (SSSR count). The van der Waals surface area contributed by atoms with Crippen LogP contribution >= 0.6 is 11.3 Å². The molecule has 1 unspecified atom stereocenters. The Morgan fingerprint density at radius 3 is 2.75 bits per heavy atom. The Morgan fingerprint density at radius 2 is 2.07 bits per heavy atom. The van der Waals surface area contributed by atoms with Crippen LogP contribution in [0.3, 0.4) is 0 Å². The van der Waals surface area contributed by atoms with E-state index >= 15 is 0 Å². The highest BCUT2D eigenvalue weighted by atomic mass is 32.1. The zero-order chi connectivity index (χ0) is 20.1. The smallest absolute Gasteiger partial charge is 0.248 e. The van der Waals surface area contributed by atoms with Crippen LogP contribution in [0.15, 0.2) is 29.6 Å². The van der Waals surface area contributed by atoms with Gasteiger partial charge in [-0.1, -0.05) is 20.8 Å². The number of amides is 2. The van der Waals surface area contributed by atoms with Gasteiger partial charge in [0.2, 0.25) is 11.8 Å². The molecule has 1 saturated heterocycles. The van der Waals surface area contributed by atoms with Crippen molar-refractivity contribution in [1.29, 1.82) is 0 Å². The molecule has 1 fully saturated rings. The summed E-state index contributed by atoms with van der Waals surface area (Å²) >= 11 is 1.39. The number of rotatable bonds is 7. The lowest BCUT2D eigenvalue weighted by atomic mass is 10.1. The summed E-state index contributed by atoms with van der Waals surface area (Å²) in [6, 6.07) is 7.38. The monoisotopic (exact) mass is 401 g/mol. The molecule has 0 aliphatic carbocycles. The molecule has 2 aromatic rings. The van der Waals surface area contributed by atoms with E-state index < -0.39 is 6.04 Å². The van der Waals surface area contributed by atoms with E-state index in [1.54, 1.807) is 4.90 Å². The second kappa shape index (κ2) is 9.19. The van der Waals surface area contributed by atoms with Crippen molar-refractivity contribution in [3.05, 3.63) is 29.6 Å². The zero-order valence-corrected chi connectivity index (χ0v) is 17.4. The van der Waals surface area contributed by atoms with Gasteiger partial charge in [0.25, 0.3) is 0 Å². The maximum absolute atomic E-state index is 12.7. The number of hydrogen-bond acceptors (Lipinski definition) is 5. The summed E-state index contributed by atoms with van der Waals surface area (Å²) in [5, 5.41) is 5.36. The number of nitrogens with zero attached hydrogens (tertiary/aromatic N) is 2. The minimum Gasteiger partial charge on any atom is -0.494 e. The van der Waals surface area contributed by atoms with Gasteiger partial charge in [0.15, 0.2) is 5.13 Å². The maximum atomic E-state index is 12.7. The summed E-state index contributed by atoms with van der Waals surface area (Å²) in [5.74, 6) is 0.605. The Kier molecular flexibility index (Phi) is 6.67. The van der Waals surface area contributed by atoms with Gasteiger partial charge in [-0.25, -0.2) is 4.98 Å². The summed E-state index contributed by atoms with van der Waals surface area (Å²) < 4.78 is 5.60. The average molecular weight is 402 g/mol. The summed E-state index contributed by atoms with van der Waals surface area (Å²) in [7, 11) is 0. The first-order chi connectivity index (χ1) is 13.5. The fourth-order valence-electron chi connectivity index (χ4n) is 3.23. The van der Waals surface area contributed by atoms with Crippen LogP contribution < -0.4 is 10.1 Å². The molecule has 1 aliphatic heterocycles. The SMILES string of the molecule is CCCOc1ccc(-c2csc(NC(=O)C3CCCN3C(=O)C(C)C)n2)cc1. The average Bonchev–Trinajstić information content (AvgIpc) is 3.35. The van der Waals surface area contributed by atoms with Crippen molar-refractivity contribution < 1.29 is 14.3 Å². The van der Waals surface area contributed by atoms with E-state index in [1.807, 2.05) is 43.5 Å². The van der Waals surface area contributed by atoms with Crippen molar-refractivity contribution in [2.45, 2.75) is 46.1 Å². The van der Waals surface area contributed by atoms with E-state index in [2.05, 4.69) is 17.2 Å². The third kappa shape index (κ3) is 4.70. The van der Waals surface area contributed by atoms with Crippen LogP contribution in [0, 0.1) is 5.92 Å². The van der Waals surface area contributed by atoms with Gasteiger partial charge in [0.1, 0.15) is 11.8 Å². The number of likely N-dealkylation sites (tertiary alicyclic amines) is 1. The molecule has 0 bridgehead atoms. The molecule has 150 valence electrons. The van der Waals surface area contributed by atoms with Gasteiger partial charge in [-0.3, -0.25) is 9.59 Å². The largest absolute Gasteiger partial charge is 0.494 e. The van der Waals surface area contributed by atoms with Gasteiger partial charge in [0.05, 0.1) is 12.3 Å². The highest BCUT2D eigenvalue weighted by Gasteiger charge is 2.35. The first-order valence-corrected chi connectivity index (χ1v) is 10.7. The third-order valence-electron chi connectivity index (χ3n) is 4.69. The number of carbonyl (C=O) groups excluding carboxylic acids is 2. The number of ether oxygens (including phenoxy) is 1. The quantitative estimate of drug-likeness (QED) is 0.755. The molecular weight excluding hydrogens is 374 g/mol. The van der Waals surface area contributed by atoms with Crippen LogP contribution in [0.2, 0.25) is 0 Å². The molecule has 0 saturated carbocycles. The first kappa shape index (κ1) is 20.3. The molecule has 1 aliphatic rings. The summed E-state index contributed by atoms with van der Waals surface area (Å²) in [4.78, 5) is 31.2. The number of hydrogen-bond donors (Lipinski definition) is 1. The Hall–Kier alpha value is -2.41. The molecule has 1 N–H and O–H groups in total. The molecule has 1 atom stereocenters. The standard InChI is InChI=1S/C21H27N3O3S/c1-4-12-27-16-9-7-15(8-10-16)17-13-28-21(22-17)23-19(25)18-6-5-11-24(18)20(26)14(2)3/h7-10,13-14,18H,4-6,11-12H2,1-3H3,(H,22,23,25). The minimum absolute atomic E-state index is 0.0304. The van der Waals surface area contributed by atoms with E-state index in [-0.39, 0.29) is 17.7 Å². The van der Waals surface area contributed by atoms with Gasteiger partial charge in [0, 0.05) is 23.4 Å². The minimum atomic E-state index is -0.405. The Balaban J connectivity index is 1.64. The lowest BCUT2D eigenvalue weighted by Crippen LogP contribution is -2.44. The molecule has 2 amide bonds. The second-order valence-corrected chi connectivity index (χ2v) is 8.10. The first-order valence-electron chi connectivity index (χ1n) is 9.79. The number of thiazole rings is 1. The number of nitrogens with one attached hydrogen (secondary N) is 1. The van der Waals surface area contributed by atoms with Crippen molar-refractivity contribution in [3.63, 3.8) is 0 Å². The van der Waals surface area contributed by atoms with E-state index in [0.717, 1.165) is 29.8 Å².